The molecular weight excluding hydrogens is 396 g/mol. The van der Waals surface area contributed by atoms with Crippen molar-refractivity contribution < 1.29 is 19.9 Å². The summed E-state index contributed by atoms with van der Waals surface area (Å²) in [6, 6.07) is 4.26. The maximum Gasteiger partial charge on any atom is 0.271 e. The van der Waals surface area contributed by atoms with Crippen molar-refractivity contribution in [3.8, 4) is 0 Å². The number of nitrogens with zero attached hydrogens (tertiary/aromatic N) is 3. The topological polar surface area (TPSA) is 131 Å². The molecule has 10 heteroatoms. The van der Waals surface area contributed by atoms with E-state index in [1.54, 1.807) is 14.0 Å². The van der Waals surface area contributed by atoms with Crippen LogP contribution in [0.1, 0.15) is 27.8 Å². The van der Waals surface area contributed by atoms with Crippen molar-refractivity contribution in [1.82, 2.24) is 15.1 Å². The van der Waals surface area contributed by atoms with Crippen molar-refractivity contribution in [2.75, 3.05) is 6.61 Å². The molecule has 0 saturated carbocycles. The fourth-order valence-corrected chi connectivity index (χ4v) is 2.88. The van der Waals surface area contributed by atoms with E-state index in [1.807, 2.05) is 0 Å². The SMILES string of the molecule is Cc1nn(C)c(C(=O)NC(CO)C(O)c2ccc([N+](=O)[O-])cc2)c1Br. The number of carbonyl (C=O) groups excluding carboxylic acids is 1. The summed E-state index contributed by atoms with van der Waals surface area (Å²) >= 11 is 3.28. The number of hydrogen-bond donors (Lipinski definition) is 3. The zero-order chi connectivity index (χ0) is 18.7. The van der Waals surface area contributed by atoms with Crippen LogP contribution in [0.15, 0.2) is 28.7 Å². The molecule has 0 spiro atoms. The van der Waals surface area contributed by atoms with Crippen LogP contribution in [0, 0.1) is 17.0 Å². The quantitative estimate of drug-likeness (QED) is 0.482. The summed E-state index contributed by atoms with van der Waals surface area (Å²) in [5.41, 5.74) is 1.11. The van der Waals surface area contributed by atoms with E-state index in [2.05, 4.69) is 26.3 Å². The molecule has 2 rings (SSSR count). The van der Waals surface area contributed by atoms with Gasteiger partial charge in [0.1, 0.15) is 11.8 Å². The van der Waals surface area contributed by atoms with Crippen molar-refractivity contribution in [2.24, 2.45) is 7.05 Å². The Balaban J connectivity index is 2.18. The van der Waals surface area contributed by atoms with E-state index in [4.69, 9.17) is 0 Å². The van der Waals surface area contributed by atoms with Gasteiger partial charge in [-0.2, -0.15) is 5.10 Å². The van der Waals surface area contributed by atoms with E-state index < -0.39 is 29.6 Å². The lowest BCUT2D eigenvalue weighted by atomic mass is 10.0. The first-order chi connectivity index (χ1) is 11.8. The molecule has 25 heavy (non-hydrogen) atoms. The van der Waals surface area contributed by atoms with Crippen molar-refractivity contribution >= 4 is 27.5 Å². The Morgan fingerprint density at radius 3 is 2.48 bits per heavy atom. The van der Waals surface area contributed by atoms with Crippen LogP contribution in [0.25, 0.3) is 0 Å². The maximum atomic E-state index is 12.4. The first-order valence-corrected chi connectivity index (χ1v) is 8.08. The molecule has 2 aromatic rings. The fourth-order valence-electron chi connectivity index (χ4n) is 2.37. The van der Waals surface area contributed by atoms with Gasteiger partial charge in [0.15, 0.2) is 0 Å². The Morgan fingerprint density at radius 1 is 1.44 bits per heavy atom. The number of aliphatic hydroxyl groups is 2. The summed E-state index contributed by atoms with van der Waals surface area (Å²) in [6.07, 6.45) is -1.23. The van der Waals surface area contributed by atoms with Crippen molar-refractivity contribution in [1.29, 1.82) is 0 Å². The van der Waals surface area contributed by atoms with Gasteiger partial charge in [-0.3, -0.25) is 19.6 Å². The van der Waals surface area contributed by atoms with Crippen molar-refractivity contribution in [3.63, 3.8) is 0 Å². The standard InChI is InChI=1S/C15H17BrN4O5/c1-8-12(16)13(19(2)18-8)15(23)17-11(7-21)14(22)9-3-5-10(6-4-9)20(24)25/h3-6,11,14,21-22H,7H2,1-2H3,(H,17,23). The Hall–Kier alpha value is -2.30. The van der Waals surface area contributed by atoms with E-state index in [1.165, 1.54) is 28.9 Å². The molecule has 0 bridgehead atoms. The van der Waals surface area contributed by atoms with Gasteiger partial charge in [0.2, 0.25) is 0 Å². The first kappa shape index (κ1) is 19.0. The zero-order valence-electron chi connectivity index (χ0n) is 13.5. The second kappa shape index (κ2) is 7.72. The Bertz CT molecular complexity index is 790. The minimum absolute atomic E-state index is 0.116. The Kier molecular flexibility index (Phi) is 5.88. The highest BCUT2D eigenvalue weighted by Gasteiger charge is 2.26. The molecule has 0 aliphatic heterocycles. The van der Waals surface area contributed by atoms with Crippen LogP contribution in [0.5, 0.6) is 0 Å². The monoisotopic (exact) mass is 412 g/mol. The molecule has 2 unspecified atom stereocenters. The van der Waals surface area contributed by atoms with E-state index in [0.29, 0.717) is 15.7 Å². The molecule has 1 aromatic carbocycles. The maximum absolute atomic E-state index is 12.4. The predicted molar refractivity (Wildman–Crippen MR) is 92.0 cm³/mol. The lowest BCUT2D eigenvalue weighted by Gasteiger charge is -2.22. The molecule has 2 atom stereocenters. The molecule has 1 amide bonds. The number of halogens is 1. The number of aromatic nitrogens is 2. The lowest BCUT2D eigenvalue weighted by Crippen LogP contribution is -2.42. The predicted octanol–water partition coefficient (Wildman–Crippen LogP) is 1.22. The molecule has 0 aliphatic rings. The van der Waals surface area contributed by atoms with Crippen LogP contribution in [-0.2, 0) is 7.05 Å². The highest BCUT2D eigenvalue weighted by Crippen LogP contribution is 2.23. The van der Waals surface area contributed by atoms with Gasteiger partial charge < -0.3 is 15.5 Å². The summed E-state index contributed by atoms with van der Waals surface area (Å²) in [4.78, 5) is 22.6. The number of amides is 1. The molecule has 3 N–H and O–H groups in total. The molecule has 0 saturated heterocycles. The number of non-ortho nitro benzene ring substituents is 1. The van der Waals surface area contributed by atoms with Crippen molar-refractivity contribution in [2.45, 2.75) is 19.1 Å². The van der Waals surface area contributed by atoms with Crippen LogP contribution in [0.2, 0.25) is 0 Å². The summed E-state index contributed by atoms with van der Waals surface area (Å²) in [6.45, 7) is 1.22. The number of nitrogens with one attached hydrogen (secondary N) is 1. The summed E-state index contributed by atoms with van der Waals surface area (Å²) in [5.74, 6) is -0.519. The smallest absolute Gasteiger partial charge is 0.271 e. The third kappa shape index (κ3) is 4.03. The molecule has 0 fully saturated rings. The number of rotatable bonds is 6. The molecular formula is C15H17BrN4O5. The minimum Gasteiger partial charge on any atom is -0.394 e. The zero-order valence-corrected chi connectivity index (χ0v) is 15.1. The van der Waals surface area contributed by atoms with E-state index in [-0.39, 0.29) is 11.4 Å². The first-order valence-electron chi connectivity index (χ1n) is 7.29. The van der Waals surface area contributed by atoms with E-state index in [9.17, 15) is 25.1 Å². The average molecular weight is 413 g/mol. The van der Waals surface area contributed by atoms with Crippen LogP contribution >= 0.6 is 15.9 Å². The average Bonchev–Trinajstić information content (AvgIpc) is 2.84. The third-order valence-corrected chi connectivity index (χ3v) is 4.65. The second-order valence-electron chi connectivity index (χ2n) is 5.43. The van der Waals surface area contributed by atoms with Gasteiger partial charge in [-0.1, -0.05) is 0 Å². The Labute approximate surface area is 151 Å². The second-order valence-corrected chi connectivity index (χ2v) is 6.22. The molecule has 134 valence electrons. The van der Waals surface area contributed by atoms with Gasteiger partial charge in [-0.05, 0) is 40.5 Å². The van der Waals surface area contributed by atoms with E-state index >= 15 is 0 Å². The molecule has 0 radical (unpaired) electrons. The number of benzene rings is 1. The number of nitro groups is 1. The summed E-state index contributed by atoms with van der Waals surface area (Å²) < 4.78 is 1.91. The summed E-state index contributed by atoms with van der Waals surface area (Å²) in [7, 11) is 1.60. The Morgan fingerprint density at radius 2 is 2.04 bits per heavy atom. The van der Waals surface area contributed by atoms with Gasteiger partial charge in [-0.15, -0.1) is 0 Å². The van der Waals surface area contributed by atoms with Crippen LogP contribution < -0.4 is 5.32 Å². The molecule has 1 heterocycles. The number of aryl methyl sites for hydroxylation is 2. The van der Waals surface area contributed by atoms with Crippen molar-refractivity contribution in [3.05, 3.63) is 55.8 Å². The van der Waals surface area contributed by atoms with Crippen LogP contribution in [-0.4, -0.2) is 43.5 Å². The number of carbonyl (C=O) groups is 1. The van der Waals surface area contributed by atoms with Crippen LogP contribution in [0.3, 0.4) is 0 Å². The van der Waals surface area contributed by atoms with Gasteiger partial charge >= 0.3 is 0 Å². The van der Waals surface area contributed by atoms with Crippen LogP contribution in [0.4, 0.5) is 5.69 Å². The van der Waals surface area contributed by atoms with Gasteiger partial charge in [-0.25, -0.2) is 0 Å². The normalized spacial score (nSPS) is 13.3. The summed E-state index contributed by atoms with van der Waals surface area (Å²) in [5, 5.41) is 37.2. The van der Waals surface area contributed by atoms with Gasteiger partial charge in [0, 0.05) is 19.2 Å². The number of nitro benzene ring substituents is 1. The molecule has 1 aromatic heterocycles. The molecule has 0 aliphatic carbocycles. The minimum atomic E-state index is -1.23. The van der Waals surface area contributed by atoms with Gasteiger partial charge in [0.05, 0.1) is 27.7 Å². The third-order valence-electron chi connectivity index (χ3n) is 3.70. The number of aliphatic hydroxyl groups excluding tert-OH is 2. The highest BCUT2D eigenvalue weighted by molar-refractivity contribution is 9.10. The fraction of sp³-hybridized carbons (Fsp3) is 0.333. The van der Waals surface area contributed by atoms with E-state index in [0.717, 1.165) is 0 Å². The largest absolute Gasteiger partial charge is 0.394 e. The van der Waals surface area contributed by atoms with Gasteiger partial charge in [0.25, 0.3) is 11.6 Å². The molecule has 9 nitrogen and oxygen atoms in total. The number of hydrogen-bond acceptors (Lipinski definition) is 6. The lowest BCUT2D eigenvalue weighted by molar-refractivity contribution is -0.384. The highest BCUT2D eigenvalue weighted by atomic mass is 79.9.